The molecule has 2 rings (SSSR count). The van der Waals surface area contributed by atoms with Gasteiger partial charge in [-0.1, -0.05) is 6.07 Å². The summed E-state index contributed by atoms with van der Waals surface area (Å²) in [7, 11) is 0. The van der Waals surface area contributed by atoms with Gasteiger partial charge < -0.3 is 9.72 Å². The minimum absolute atomic E-state index is 0.0283. The predicted molar refractivity (Wildman–Crippen MR) is 63.7 cm³/mol. The van der Waals surface area contributed by atoms with Gasteiger partial charge in [-0.25, -0.2) is 0 Å². The number of hydrogen-bond acceptors (Lipinski definition) is 2. The first-order valence-electron chi connectivity index (χ1n) is 4.86. The second kappa shape index (κ2) is 4.31. The van der Waals surface area contributed by atoms with Crippen molar-refractivity contribution in [2.75, 3.05) is 0 Å². The van der Waals surface area contributed by atoms with Crippen LogP contribution in [-0.4, -0.2) is 11.3 Å². The third kappa shape index (κ3) is 2.35. The average molecular weight is 322 g/mol. The molecule has 18 heavy (non-hydrogen) atoms. The molecule has 0 saturated heterocycles. The molecule has 0 atom stereocenters. The maximum atomic E-state index is 12.2. The Morgan fingerprint density at radius 2 is 2.00 bits per heavy atom. The van der Waals surface area contributed by atoms with Gasteiger partial charge in [0.1, 0.15) is 0 Å². The van der Waals surface area contributed by atoms with Gasteiger partial charge in [0.05, 0.1) is 15.4 Å². The number of fused-ring (bicyclic) bond motifs is 1. The highest BCUT2D eigenvalue weighted by atomic mass is 79.9. The summed E-state index contributed by atoms with van der Waals surface area (Å²) in [6.07, 6.45) is -4.80. The number of pyridine rings is 1. The van der Waals surface area contributed by atoms with E-state index >= 15 is 0 Å². The van der Waals surface area contributed by atoms with Crippen LogP contribution in [0, 0.1) is 6.92 Å². The molecule has 0 unspecified atom stereocenters. The van der Waals surface area contributed by atoms with Crippen LogP contribution in [0.3, 0.4) is 0 Å². The minimum atomic E-state index is -4.80. The molecule has 7 heteroatoms. The SMILES string of the molecule is Cc1[nH]c2c(OC(F)(F)F)cccc2c(=O)c1Br. The fourth-order valence-corrected chi connectivity index (χ4v) is 1.90. The van der Waals surface area contributed by atoms with Crippen molar-refractivity contribution in [1.82, 2.24) is 4.98 Å². The summed E-state index contributed by atoms with van der Waals surface area (Å²) >= 11 is 3.08. The molecule has 1 heterocycles. The Bertz CT molecular complexity index is 664. The van der Waals surface area contributed by atoms with Crippen molar-refractivity contribution in [2.45, 2.75) is 13.3 Å². The Morgan fingerprint density at radius 1 is 1.33 bits per heavy atom. The van der Waals surface area contributed by atoms with E-state index in [0.29, 0.717) is 10.2 Å². The molecule has 0 aliphatic carbocycles. The summed E-state index contributed by atoms with van der Waals surface area (Å²) in [6.45, 7) is 1.58. The lowest BCUT2D eigenvalue weighted by molar-refractivity contribution is -0.274. The van der Waals surface area contributed by atoms with Crippen molar-refractivity contribution in [3.05, 3.63) is 38.6 Å². The number of para-hydroxylation sites is 1. The van der Waals surface area contributed by atoms with Crippen molar-refractivity contribution in [1.29, 1.82) is 0 Å². The Morgan fingerprint density at radius 3 is 2.61 bits per heavy atom. The van der Waals surface area contributed by atoms with Crippen LogP contribution in [0.15, 0.2) is 27.5 Å². The standard InChI is InChI=1S/C11H7BrF3NO2/c1-5-8(12)10(17)6-3-2-4-7(9(6)16-5)18-11(13,14)15/h2-4H,1H3,(H,16,17). The van der Waals surface area contributed by atoms with E-state index in [4.69, 9.17) is 0 Å². The molecule has 0 radical (unpaired) electrons. The van der Waals surface area contributed by atoms with Crippen LogP contribution in [0.2, 0.25) is 0 Å². The maximum Gasteiger partial charge on any atom is 0.573 e. The van der Waals surface area contributed by atoms with Crippen molar-refractivity contribution in [3.63, 3.8) is 0 Å². The van der Waals surface area contributed by atoms with Crippen molar-refractivity contribution in [3.8, 4) is 5.75 Å². The van der Waals surface area contributed by atoms with Gasteiger partial charge in [0, 0.05) is 5.69 Å². The summed E-state index contributed by atoms with van der Waals surface area (Å²) in [6, 6.07) is 3.92. The molecule has 0 aliphatic rings. The number of aromatic nitrogens is 1. The van der Waals surface area contributed by atoms with Gasteiger partial charge in [-0.2, -0.15) is 0 Å². The number of nitrogens with one attached hydrogen (secondary N) is 1. The smallest absolute Gasteiger partial charge is 0.404 e. The lowest BCUT2D eigenvalue weighted by Gasteiger charge is -2.12. The quantitative estimate of drug-likeness (QED) is 0.873. The second-order valence-electron chi connectivity index (χ2n) is 3.62. The first kappa shape index (κ1) is 12.9. The van der Waals surface area contributed by atoms with Gasteiger partial charge in [-0.15, -0.1) is 13.2 Å². The predicted octanol–water partition coefficient (Wildman–Crippen LogP) is 3.50. The molecule has 1 aromatic carbocycles. The first-order chi connectivity index (χ1) is 8.29. The molecule has 3 nitrogen and oxygen atoms in total. The number of alkyl halides is 3. The Hall–Kier alpha value is -1.50. The lowest BCUT2D eigenvalue weighted by Crippen LogP contribution is -2.18. The first-order valence-corrected chi connectivity index (χ1v) is 5.66. The third-order valence-electron chi connectivity index (χ3n) is 2.34. The molecule has 0 saturated carbocycles. The largest absolute Gasteiger partial charge is 0.573 e. The fraction of sp³-hybridized carbons (Fsp3) is 0.182. The highest BCUT2D eigenvalue weighted by Gasteiger charge is 2.32. The van der Waals surface area contributed by atoms with E-state index in [2.05, 4.69) is 25.7 Å². The zero-order valence-corrected chi connectivity index (χ0v) is 10.6. The normalized spacial score (nSPS) is 11.8. The van der Waals surface area contributed by atoms with E-state index < -0.39 is 12.1 Å². The van der Waals surface area contributed by atoms with E-state index in [-0.39, 0.29) is 16.3 Å². The van der Waals surface area contributed by atoms with Gasteiger partial charge in [0.2, 0.25) is 5.43 Å². The van der Waals surface area contributed by atoms with Crippen molar-refractivity contribution >= 4 is 26.8 Å². The Labute approximate surface area is 108 Å². The van der Waals surface area contributed by atoms with Crippen LogP contribution in [0.4, 0.5) is 13.2 Å². The van der Waals surface area contributed by atoms with Gasteiger partial charge in [0.15, 0.2) is 5.75 Å². The Balaban J connectivity index is 2.74. The monoisotopic (exact) mass is 321 g/mol. The molecule has 0 amide bonds. The minimum Gasteiger partial charge on any atom is -0.404 e. The van der Waals surface area contributed by atoms with Gasteiger partial charge in [0.25, 0.3) is 0 Å². The molecule has 2 aromatic rings. The molecular formula is C11H7BrF3NO2. The van der Waals surface area contributed by atoms with Crippen LogP contribution in [-0.2, 0) is 0 Å². The number of H-pyrrole nitrogens is 1. The lowest BCUT2D eigenvalue weighted by atomic mass is 10.2. The number of aryl methyl sites for hydroxylation is 1. The van der Waals surface area contributed by atoms with Crippen LogP contribution in [0.5, 0.6) is 5.75 Å². The van der Waals surface area contributed by atoms with Gasteiger partial charge in [-0.05, 0) is 35.0 Å². The second-order valence-corrected chi connectivity index (χ2v) is 4.41. The van der Waals surface area contributed by atoms with Crippen LogP contribution in [0.25, 0.3) is 10.9 Å². The zero-order valence-electron chi connectivity index (χ0n) is 9.06. The van der Waals surface area contributed by atoms with Gasteiger partial charge >= 0.3 is 6.36 Å². The third-order valence-corrected chi connectivity index (χ3v) is 3.29. The molecule has 0 spiro atoms. The fourth-order valence-electron chi connectivity index (χ4n) is 1.59. The van der Waals surface area contributed by atoms with E-state index in [1.807, 2.05) is 0 Å². The number of halogens is 4. The highest BCUT2D eigenvalue weighted by Crippen LogP contribution is 2.29. The van der Waals surface area contributed by atoms with E-state index in [1.165, 1.54) is 12.1 Å². The van der Waals surface area contributed by atoms with E-state index in [0.717, 1.165) is 6.07 Å². The molecule has 96 valence electrons. The summed E-state index contributed by atoms with van der Waals surface area (Å²) in [5.41, 5.74) is 0.0834. The zero-order chi connectivity index (χ0) is 13.5. The summed E-state index contributed by atoms with van der Waals surface area (Å²) in [4.78, 5) is 14.6. The molecule has 1 aromatic heterocycles. The number of rotatable bonds is 1. The van der Waals surface area contributed by atoms with E-state index in [9.17, 15) is 18.0 Å². The van der Waals surface area contributed by atoms with Crippen LogP contribution < -0.4 is 10.2 Å². The number of hydrogen-bond donors (Lipinski definition) is 1. The molecular weight excluding hydrogens is 315 g/mol. The summed E-state index contributed by atoms with van der Waals surface area (Å²) < 4.78 is 40.8. The molecule has 0 bridgehead atoms. The topological polar surface area (TPSA) is 42.1 Å². The molecule has 1 N–H and O–H groups in total. The molecule has 0 aliphatic heterocycles. The number of ether oxygens (including phenoxy) is 1. The summed E-state index contributed by atoms with van der Waals surface area (Å²) in [5.74, 6) is -0.423. The summed E-state index contributed by atoms with van der Waals surface area (Å²) in [5, 5.41) is 0.134. The van der Waals surface area contributed by atoms with Crippen LogP contribution in [0.1, 0.15) is 5.69 Å². The number of aromatic amines is 1. The highest BCUT2D eigenvalue weighted by molar-refractivity contribution is 9.10. The van der Waals surface area contributed by atoms with Crippen molar-refractivity contribution < 1.29 is 17.9 Å². The van der Waals surface area contributed by atoms with Gasteiger partial charge in [-0.3, -0.25) is 4.79 Å². The maximum absolute atomic E-state index is 12.2. The van der Waals surface area contributed by atoms with Crippen LogP contribution >= 0.6 is 15.9 Å². The Kier molecular flexibility index (Phi) is 3.10. The van der Waals surface area contributed by atoms with E-state index in [1.54, 1.807) is 6.92 Å². The molecule has 0 fully saturated rings. The number of benzene rings is 1. The van der Waals surface area contributed by atoms with Crippen molar-refractivity contribution in [2.24, 2.45) is 0 Å². The average Bonchev–Trinajstić information content (AvgIpc) is 2.25.